The molecule has 1 aliphatic rings. The third-order valence-corrected chi connectivity index (χ3v) is 6.88. The van der Waals surface area contributed by atoms with Crippen molar-refractivity contribution in [3.05, 3.63) is 113 Å². The molecule has 206 valence electrons. The smallest absolute Gasteiger partial charge is 0.339 e. The predicted octanol–water partition coefficient (Wildman–Crippen LogP) is 4.79. The summed E-state index contributed by atoms with van der Waals surface area (Å²) in [5.74, 6) is -2.24. The van der Waals surface area contributed by atoms with Gasteiger partial charge in [-0.25, -0.2) is 9.07 Å². The number of para-hydroxylation sites is 1. The van der Waals surface area contributed by atoms with Gasteiger partial charge in [0.05, 0.1) is 16.9 Å². The molecule has 7 nitrogen and oxygen atoms in total. The number of anilines is 1. The summed E-state index contributed by atoms with van der Waals surface area (Å²) in [6, 6.07) is 17.3. The van der Waals surface area contributed by atoms with Crippen LogP contribution in [-0.4, -0.2) is 34.2 Å². The van der Waals surface area contributed by atoms with Crippen LogP contribution in [0.5, 0.6) is 0 Å². The maximum atomic E-state index is 14.0. The van der Waals surface area contributed by atoms with Crippen LogP contribution in [0, 0.1) is 5.82 Å². The van der Waals surface area contributed by atoms with E-state index in [9.17, 15) is 27.2 Å². The number of hydrogen-bond donors (Lipinski definition) is 2. The van der Waals surface area contributed by atoms with Crippen LogP contribution in [0.4, 0.5) is 23.4 Å². The highest BCUT2D eigenvalue weighted by Crippen LogP contribution is 2.43. The summed E-state index contributed by atoms with van der Waals surface area (Å²) in [7, 11) is 0. The van der Waals surface area contributed by atoms with Gasteiger partial charge in [-0.15, -0.1) is 0 Å². The van der Waals surface area contributed by atoms with Crippen LogP contribution in [0.15, 0.2) is 78.9 Å². The van der Waals surface area contributed by atoms with Crippen LogP contribution >= 0.6 is 0 Å². The quantitative estimate of drug-likeness (QED) is 0.337. The van der Waals surface area contributed by atoms with Gasteiger partial charge >= 0.3 is 6.18 Å². The Hall–Kier alpha value is -4.51. The van der Waals surface area contributed by atoms with Crippen molar-refractivity contribution >= 4 is 17.6 Å². The maximum absolute atomic E-state index is 14.0. The summed E-state index contributed by atoms with van der Waals surface area (Å²) < 4.78 is 55.5. The highest BCUT2D eigenvalue weighted by atomic mass is 19.4. The van der Waals surface area contributed by atoms with Gasteiger partial charge < -0.3 is 11.1 Å². The maximum Gasteiger partial charge on any atom is 0.416 e. The number of benzene rings is 3. The number of alkyl halides is 3. The molecule has 40 heavy (non-hydrogen) atoms. The van der Waals surface area contributed by atoms with E-state index in [0.29, 0.717) is 28.3 Å². The number of amides is 2. The first-order chi connectivity index (χ1) is 19.1. The third kappa shape index (κ3) is 4.84. The first-order valence-corrected chi connectivity index (χ1v) is 12.6. The molecule has 0 saturated carbocycles. The number of nitrogens with zero attached hydrogens (tertiary/aromatic N) is 3. The second-order valence-electron chi connectivity index (χ2n) is 9.28. The number of hydrogen-bond acceptors (Lipinski definition) is 4. The third-order valence-electron chi connectivity index (χ3n) is 6.88. The summed E-state index contributed by atoms with van der Waals surface area (Å²) in [4.78, 5) is 28.8. The van der Waals surface area contributed by atoms with E-state index in [2.05, 4.69) is 5.32 Å². The molecule has 5 rings (SSSR count). The lowest BCUT2D eigenvalue weighted by Gasteiger charge is -2.38. The summed E-state index contributed by atoms with van der Waals surface area (Å²) in [6.45, 7) is 1.97. The number of aromatic nitrogens is 2. The Morgan fingerprint density at radius 1 is 1.02 bits per heavy atom. The average Bonchev–Trinajstić information content (AvgIpc) is 3.33. The van der Waals surface area contributed by atoms with Crippen molar-refractivity contribution in [2.45, 2.75) is 31.6 Å². The van der Waals surface area contributed by atoms with E-state index in [1.165, 1.54) is 35.2 Å². The van der Waals surface area contributed by atoms with Crippen molar-refractivity contribution in [3.63, 3.8) is 0 Å². The van der Waals surface area contributed by atoms with Gasteiger partial charge in [0.15, 0.2) is 0 Å². The summed E-state index contributed by atoms with van der Waals surface area (Å²) in [5, 5.41) is 7.37. The fraction of sp³-hybridized carbons (Fsp3) is 0.207. The Bertz CT molecular complexity index is 1550. The molecule has 2 amide bonds. The van der Waals surface area contributed by atoms with Crippen molar-refractivity contribution in [2.75, 3.05) is 11.4 Å². The van der Waals surface area contributed by atoms with Crippen LogP contribution in [0.1, 0.15) is 45.6 Å². The number of carbonyl (C=O) groups excluding carboxylic acids is 2. The van der Waals surface area contributed by atoms with E-state index in [4.69, 9.17) is 10.8 Å². The number of nitrogens with one attached hydrogen (secondary N) is 1. The van der Waals surface area contributed by atoms with E-state index in [0.717, 1.165) is 18.2 Å². The van der Waals surface area contributed by atoms with E-state index >= 15 is 0 Å². The topological polar surface area (TPSA) is 93.2 Å². The van der Waals surface area contributed by atoms with Crippen molar-refractivity contribution in [1.29, 1.82) is 0 Å². The van der Waals surface area contributed by atoms with E-state index in [1.54, 1.807) is 11.6 Å². The second kappa shape index (κ2) is 10.6. The molecule has 0 unspecified atom stereocenters. The lowest BCUT2D eigenvalue weighted by atomic mass is 9.80. The molecule has 0 spiro atoms. The average molecular weight is 552 g/mol. The monoisotopic (exact) mass is 551 g/mol. The zero-order valence-corrected chi connectivity index (χ0v) is 21.3. The van der Waals surface area contributed by atoms with Crippen LogP contribution in [0.25, 0.3) is 5.69 Å². The lowest BCUT2D eigenvalue weighted by molar-refractivity contribution is -0.137. The molecule has 2 atom stereocenters. The van der Waals surface area contributed by atoms with E-state index in [-0.39, 0.29) is 18.7 Å². The Morgan fingerprint density at radius 3 is 2.35 bits per heavy atom. The number of rotatable bonds is 6. The van der Waals surface area contributed by atoms with Gasteiger partial charge in [-0.2, -0.15) is 18.3 Å². The molecule has 1 aliphatic heterocycles. The van der Waals surface area contributed by atoms with Crippen LogP contribution in [-0.2, 0) is 17.5 Å². The standard InChI is InChI=1S/C29H25F4N5O2/c1-2-37-27-24(22(16-34)36-38(27)21-9-4-3-5-10-21)23(17-11-13-20(30)14-12-17)25(28(37)40)35-26(39)18-7-6-8-19(15-18)29(31,32)33/h3-15,23,25H,2,16,34H2,1H3,(H,35,39)/t23-,25+/m0/s1. The molecule has 4 aromatic rings. The van der Waals surface area contributed by atoms with Crippen molar-refractivity contribution < 1.29 is 27.2 Å². The second-order valence-corrected chi connectivity index (χ2v) is 9.28. The Labute approximate surface area is 227 Å². The molecule has 0 radical (unpaired) electrons. The molecule has 0 saturated heterocycles. The number of fused-ring (bicyclic) bond motifs is 1. The summed E-state index contributed by atoms with van der Waals surface area (Å²) in [6.07, 6.45) is -4.65. The molecule has 1 aromatic heterocycles. The first-order valence-electron chi connectivity index (χ1n) is 12.6. The molecular formula is C29H25F4N5O2. The van der Waals surface area contributed by atoms with Crippen molar-refractivity contribution in [2.24, 2.45) is 5.73 Å². The van der Waals surface area contributed by atoms with Crippen LogP contribution in [0.3, 0.4) is 0 Å². The minimum Gasteiger partial charge on any atom is -0.339 e. The minimum absolute atomic E-state index is 0.0000985. The van der Waals surface area contributed by atoms with Crippen LogP contribution < -0.4 is 16.0 Å². The van der Waals surface area contributed by atoms with Gasteiger partial charge in [0.1, 0.15) is 17.7 Å². The summed E-state index contributed by atoms with van der Waals surface area (Å²) in [5.41, 5.74) is 7.07. The zero-order valence-electron chi connectivity index (χ0n) is 21.3. The SMILES string of the molecule is CCN1C(=O)[C@H](NC(=O)c2cccc(C(F)(F)F)c2)[C@@H](c2ccc(F)cc2)c2c(CN)nn(-c3ccccc3)c21. The number of nitrogens with two attached hydrogens (primary N) is 1. The van der Waals surface area contributed by atoms with Gasteiger partial charge in [0, 0.05) is 30.1 Å². The molecule has 0 bridgehead atoms. The van der Waals surface area contributed by atoms with Crippen molar-refractivity contribution in [1.82, 2.24) is 15.1 Å². The Morgan fingerprint density at radius 2 is 1.73 bits per heavy atom. The fourth-order valence-corrected chi connectivity index (χ4v) is 5.07. The van der Waals surface area contributed by atoms with Crippen molar-refractivity contribution in [3.8, 4) is 5.69 Å². The zero-order chi connectivity index (χ0) is 28.6. The molecular weight excluding hydrogens is 526 g/mol. The van der Waals surface area contributed by atoms with E-state index < -0.39 is 41.3 Å². The highest BCUT2D eigenvalue weighted by Gasteiger charge is 2.46. The van der Waals surface area contributed by atoms with Gasteiger partial charge in [0.2, 0.25) is 0 Å². The molecule has 0 aliphatic carbocycles. The normalized spacial score (nSPS) is 17.1. The van der Waals surface area contributed by atoms with Gasteiger partial charge in [-0.3, -0.25) is 14.5 Å². The fourth-order valence-electron chi connectivity index (χ4n) is 5.07. The minimum atomic E-state index is -4.65. The Kier molecular flexibility index (Phi) is 7.16. The number of halogens is 4. The summed E-state index contributed by atoms with van der Waals surface area (Å²) >= 11 is 0. The number of likely N-dealkylation sites (N-methyl/N-ethyl adjacent to an activating group) is 1. The lowest BCUT2D eigenvalue weighted by Crippen LogP contribution is -2.55. The molecule has 3 N–H and O–H groups in total. The number of carbonyl (C=O) groups is 2. The van der Waals surface area contributed by atoms with Gasteiger partial charge in [0.25, 0.3) is 11.8 Å². The molecule has 0 fully saturated rings. The molecule has 3 aromatic carbocycles. The van der Waals surface area contributed by atoms with E-state index in [1.807, 2.05) is 30.3 Å². The molecule has 2 heterocycles. The Balaban J connectivity index is 1.67. The first kappa shape index (κ1) is 27.1. The largest absolute Gasteiger partial charge is 0.416 e. The van der Waals surface area contributed by atoms with Crippen LogP contribution in [0.2, 0.25) is 0 Å². The highest BCUT2D eigenvalue weighted by molar-refractivity contribution is 6.05. The molecule has 11 heteroatoms. The predicted molar refractivity (Wildman–Crippen MR) is 140 cm³/mol. The van der Waals surface area contributed by atoms with Gasteiger partial charge in [-0.05, 0) is 55.0 Å². The van der Waals surface area contributed by atoms with Gasteiger partial charge in [-0.1, -0.05) is 36.4 Å².